The zero-order chi connectivity index (χ0) is 27.6. The van der Waals surface area contributed by atoms with Gasteiger partial charge < -0.3 is 14.5 Å². The summed E-state index contributed by atoms with van der Waals surface area (Å²) in [5.41, 5.74) is -0.918. The highest BCUT2D eigenvalue weighted by molar-refractivity contribution is 6.31. The highest BCUT2D eigenvalue weighted by atomic mass is 35.5. The van der Waals surface area contributed by atoms with Crippen molar-refractivity contribution in [2.75, 3.05) is 31.1 Å². The van der Waals surface area contributed by atoms with Gasteiger partial charge in [-0.1, -0.05) is 29.8 Å². The van der Waals surface area contributed by atoms with E-state index in [-0.39, 0.29) is 26.2 Å². The van der Waals surface area contributed by atoms with E-state index >= 15 is 0 Å². The molecule has 0 bridgehead atoms. The van der Waals surface area contributed by atoms with Crippen molar-refractivity contribution in [1.29, 1.82) is 0 Å². The summed E-state index contributed by atoms with van der Waals surface area (Å²) in [4.78, 5) is 24.9. The van der Waals surface area contributed by atoms with Gasteiger partial charge in [-0.25, -0.2) is 14.4 Å². The zero-order valence-electron chi connectivity index (χ0n) is 20.3. The molecule has 1 amide bonds. The maximum atomic E-state index is 14.6. The molecule has 39 heavy (non-hydrogen) atoms. The first-order valence-electron chi connectivity index (χ1n) is 12.0. The minimum absolute atomic E-state index is 0.0567. The van der Waals surface area contributed by atoms with Crippen molar-refractivity contribution in [1.82, 2.24) is 14.9 Å². The third kappa shape index (κ3) is 5.80. The molecule has 1 saturated heterocycles. The molecule has 0 atom stereocenters. The minimum atomic E-state index is -4.90. The summed E-state index contributed by atoms with van der Waals surface area (Å²) in [6.45, 7) is 0.619. The van der Waals surface area contributed by atoms with Crippen LogP contribution in [0.4, 0.5) is 23.5 Å². The summed E-state index contributed by atoms with van der Waals surface area (Å²) in [5.74, 6) is -0.636. The first-order valence-corrected chi connectivity index (χ1v) is 12.3. The number of piperazine rings is 1. The summed E-state index contributed by atoms with van der Waals surface area (Å²) >= 11 is 5.69. The summed E-state index contributed by atoms with van der Waals surface area (Å²) < 4.78 is 60.8. The lowest BCUT2D eigenvalue weighted by atomic mass is 10.0. The van der Waals surface area contributed by atoms with E-state index in [0.29, 0.717) is 23.5 Å². The van der Waals surface area contributed by atoms with Gasteiger partial charge in [0, 0.05) is 37.9 Å². The number of nitrogens with zero attached hydrogens (tertiary/aromatic N) is 4. The number of halogens is 5. The number of anilines is 1. The molecule has 1 fully saturated rings. The molecule has 2 heterocycles. The van der Waals surface area contributed by atoms with Gasteiger partial charge in [-0.05, 0) is 54.6 Å². The largest absolute Gasteiger partial charge is 0.457 e. The molecule has 0 N–H and O–H groups in total. The quantitative estimate of drug-likeness (QED) is 0.256. The van der Waals surface area contributed by atoms with Crippen LogP contribution in [-0.4, -0.2) is 47.0 Å². The van der Waals surface area contributed by atoms with E-state index in [1.54, 1.807) is 12.3 Å². The second-order valence-electron chi connectivity index (χ2n) is 8.74. The average molecular weight is 557 g/mol. The number of alkyl halides is 3. The summed E-state index contributed by atoms with van der Waals surface area (Å²) in [6, 6.07) is 20.0. The number of hydrogen-bond donors (Lipinski definition) is 0. The SMILES string of the molecule is O=C(c1c(C(F)(F)F)ccc(Cl)c1F)N1CCN(c2nccc(-c3ccc(Oc4ccccc4)cc3)n2)CC1. The van der Waals surface area contributed by atoms with Crippen LogP contribution in [-0.2, 0) is 6.18 Å². The predicted octanol–water partition coefficient (Wildman–Crippen LogP) is 6.71. The maximum absolute atomic E-state index is 14.6. The summed E-state index contributed by atoms with van der Waals surface area (Å²) in [6.07, 6.45) is -3.29. The number of carbonyl (C=O) groups is 1. The Morgan fingerprint density at radius 1 is 0.872 bits per heavy atom. The molecule has 6 nitrogen and oxygen atoms in total. The number of amides is 1. The number of para-hydroxylation sites is 1. The lowest BCUT2D eigenvalue weighted by Gasteiger charge is -2.35. The molecular formula is C28H21ClF4N4O2. The van der Waals surface area contributed by atoms with Crippen LogP contribution in [0.2, 0.25) is 5.02 Å². The fourth-order valence-corrected chi connectivity index (χ4v) is 4.40. The van der Waals surface area contributed by atoms with Crippen molar-refractivity contribution in [3.05, 3.63) is 101 Å². The van der Waals surface area contributed by atoms with E-state index < -0.39 is 34.1 Å². The van der Waals surface area contributed by atoms with Gasteiger partial charge in [0.1, 0.15) is 11.5 Å². The minimum Gasteiger partial charge on any atom is -0.457 e. The Morgan fingerprint density at radius 3 is 2.21 bits per heavy atom. The molecule has 0 radical (unpaired) electrons. The Hall–Kier alpha value is -4.18. The van der Waals surface area contributed by atoms with Crippen LogP contribution in [0.3, 0.4) is 0 Å². The molecule has 4 aromatic rings. The number of rotatable bonds is 5. The van der Waals surface area contributed by atoms with Crippen molar-refractivity contribution >= 4 is 23.5 Å². The smallest absolute Gasteiger partial charge is 0.417 e. The monoisotopic (exact) mass is 556 g/mol. The summed E-state index contributed by atoms with van der Waals surface area (Å²) in [5, 5.41) is -0.546. The van der Waals surface area contributed by atoms with Gasteiger partial charge in [-0.15, -0.1) is 0 Å². The molecule has 1 aliphatic heterocycles. The van der Waals surface area contributed by atoms with Crippen molar-refractivity contribution in [2.45, 2.75) is 6.18 Å². The third-order valence-electron chi connectivity index (χ3n) is 6.24. The highest BCUT2D eigenvalue weighted by Crippen LogP contribution is 2.36. The van der Waals surface area contributed by atoms with Crippen molar-refractivity contribution in [3.63, 3.8) is 0 Å². The van der Waals surface area contributed by atoms with Crippen LogP contribution in [0.5, 0.6) is 11.5 Å². The normalized spacial score (nSPS) is 13.9. The van der Waals surface area contributed by atoms with Crippen LogP contribution < -0.4 is 9.64 Å². The van der Waals surface area contributed by atoms with Gasteiger partial charge in [0.15, 0.2) is 5.82 Å². The third-order valence-corrected chi connectivity index (χ3v) is 6.53. The van der Waals surface area contributed by atoms with Crippen molar-refractivity contribution < 1.29 is 27.1 Å². The number of hydrogen-bond acceptors (Lipinski definition) is 5. The van der Waals surface area contributed by atoms with E-state index in [1.165, 1.54) is 4.90 Å². The van der Waals surface area contributed by atoms with E-state index in [0.717, 1.165) is 17.4 Å². The predicted molar refractivity (Wildman–Crippen MR) is 139 cm³/mol. The highest BCUT2D eigenvalue weighted by Gasteiger charge is 2.39. The number of carbonyl (C=O) groups excluding carboxylic acids is 1. The zero-order valence-corrected chi connectivity index (χ0v) is 21.1. The molecule has 0 aliphatic carbocycles. The molecule has 1 aliphatic rings. The van der Waals surface area contributed by atoms with Crippen LogP contribution in [0.25, 0.3) is 11.3 Å². The first-order chi connectivity index (χ1) is 18.7. The molecule has 200 valence electrons. The van der Waals surface area contributed by atoms with Gasteiger partial charge in [-0.3, -0.25) is 4.79 Å². The molecule has 0 unspecified atom stereocenters. The van der Waals surface area contributed by atoms with Crippen molar-refractivity contribution in [3.8, 4) is 22.8 Å². The number of benzene rings is 3. The lowest BCUT2D eigenvalue weighted by molar-refractivity contribution is -0.138. The van der Waals surface area contributed by atoms with Crippen LogP contribution in [0.15, 0.2) is 79.0 Å². The topological polar surface area (TPSA) is 58.6 Å². The first kappa shape index (κ1) is 26.4. The maximum Gasteiger partial charge on any atom is 0.417 e. The molecule has 5 rings (SSSR count). The molecular weight excluding hydrogens is 536 g/mol. The van der Waals surface area contributed by atoms with E-state index in [4.69, 9.17) is 16.3 Å². The van der Waals surface area contributed by atoms with Gasteiger partial charge in [-0.2, -0.15) is 13.2 Å². The van der Waals surface area contributed by atoms with Gasteiger partial charge in [0.05, 0.1) is 21.8 Å². The van der Waals surface area contributed by atoms with Gasteiger partial charge in [0.25, 0.3) is 5.91 Å². The molecule has 0 saturated carbocycles. The van der Waals surface area contributed by atoms with E-state index in [2.05, 4.69) is 9.97 Å². The van der Waals surface area contributed by atoms with Gasteiger partial charge >= 0.3 is 6.18 Å². The van der Waals surface area contributed by atoms with Crippen molar-refractivity contribution in [2.24, 2.45) is 0 Å². The fraction of sp³-hybridized carbons (Fsp3) is 0.179. The fourth-order valence-electron chi connectivity index (χ4n) is 4.24. The van der Waals surface area contributed by atoms with Crippen LogP contribution in [0.1, 0.15) is 15.9 Å². The standard InChI is InChI=1S/C28H21ClF4N4O2/c29-22-11-10-21(28(31,32)33)24(25(22)30)26(38)36-14-16-37(17-15-36)27-34-13-12-23(35-27)18-6-8-20(9-7-18)39-19-4-2-1-3-5-19/h1-13H,14-17H2. The lowest BCUT2D eigenvalue weighted by Crippen LogP contribution is -2.49. The second kappa shape index (κ2) is 10.9. The number of ether oxygens (including phenoxy) is 1. The number of aromatic nitrogens is 2. The molecule has 3 aromatic carbocycles. The average Bonchev–Trinajstić information content (AvgIpc) is 2.94. The van der Waals surface area contributed by atoms with Crippen LogP contribution in [0, 0.1) is 5.82 Å². The van der Waals surface area contributed by atoms with Gasteiger partial charge in [0.2, 0.25) is 5.95 Å². The van der Waals surface area contributed by atoms with E-state index in [9.17, 15) is 22.4 Å². The molecule has 0 spiro atoms. The molecule has 1 aromatic heterocycles. The Kier molecular flexibility index (Phi) is 7.38. The Morgan fingerprint density at radius 2 is 1.54 bits per heavy atom. The molecule has 11 heteroatoms. The summed E-state index contributed by atoms with van der Waals surface area (Å²) in [7, 11) is 0. The Balaban J connectivity index is 1.27. The van der Waals surface area contributed by atoms with E-state index in [1.807, 2.05) is 59.5 Å². The second-order valence-corrected chi connectivity index (χ2v) is 9.15. The Bertz CT molecular complexity index is 1480. The Labute approximate surface area is 226 Å². The van der Waals surface area contributed by atoms with Crippen LogP contribution >= 0.6 is 11.6 Å².